The number of thioether (sulfide) groups is 4. The molecule has 0 saturated heterocycles. The number of aliphatic imine (C=N–C) groups is 2. The molecule has 0 amide bonds. The van der Waals surface area contributed by atoms with Gasteiger partial charge in [0.2, 0.25) is 0 Å². The molecule has 0 fully saturated rings. The maximum absolute atomic E-state index is 13.0. The molecule has 0 bridgehead atoms. The molecule has 0 aromatic carbocycles. The van der Waals surface area contributed by atoms with Gasteiger partial charge in [0.05, 0.1) is 0 Å². The molecule has 2 atom stereocenters. The van der Waals surface area contributed by atoms with Crippen molar-refractivity contribution in [2.24, 2.45) is 9.98 Å². The van der Waals surface area contributed by atoms with Gasteiger partial charge in [-0.1, -0.05) is 0 Å². The number of carbonyl (C=O) groups excluding carboxylic acids is 2. The summed E-state index contributed by atoms with van der Waals surface area (Å²) in [5.41, 5.74) is -1.43. The van der Waals surface area contributed by atoms with Crippen LogP contribution in [0.2, 0.25) is 0 Å². The molecule has 162 valence electrons. The predicted octanol–water partition coefficient (Wildman–Crippen LogP) is 4.57. The molecule has 0 aliphatic carbocycles. The molecule has 0 aromatic heterocycles. The third-order valence-corrected chi connectivity index (χ3v) is 6.60. The third kappa shape index (κ3) is 11.0. The summed E-state index contributed by atoms with van der Waals surface area (Å²) >= 11 is 5.60. The summed E-state index contributed by atoms with van der Waals surface area (Å²) in [4.78, 5) is 34.9. The lowest BCUT2D eigenvalue weighted by molar-refractivity contribution is -0.165. The minimum atomic E-state index is -1.13. The maximum Gasteiger partial charge on any atom is 0.334 e. The van der Waals surface area contributed by atoms with Gasteiger partial charge in [0.15, 0.2) is 12.1 Å². The first-order valence-electron chi connectivity index (χ1n) is 8.55. The minimum Gasteiger partial charge on any atom is -0.458 e. The molecule has 28 heavy (non-hydrogen) atoms. The van der Waals surface area contributed by atoms with Gasteiger partial charge >= 0.3 is 11.9 Å². The molecule has 0 spiro atoms. The van der Waals surface area contributed by atoms with Crippen molar-refractivity contribution in [3.05, 3.63) is 0 Å². The minimum absolute atomic E-state index is 0.603. The van der Waals surface area contributed by atoms with Gasteiger partial charge < -0.3 is 9.47 Å². The zero-order valence-electron chi connectivity index (χ0n) is 18.3. The summed E-state index contributed by atoms with van der Waals surface area (Å²) in [5.74, 6) is -1.21. The Labute approximate surface area is 186 Å². The number of esters is 2. The first kappa shape index (κ1) is 27.7. The van der Waals surface area contributed by atoms with Crippen LogP contribution in [0.5, 0.6) is 0 Å². The highest BCUT2D eigenvalue weighted by atomic mass is 32.2. The smallest absolute Gasteiger partial charge is 0.334 e. The van der Waals surface area contributed by atoms with Gasteiger partial charge in [-0.05, 0) is 66.6 Å². The van der Waals surface area contributed by atoms with Crippen LogP contribution >= 0.6 is 47.0 Å². The maximum atomic E-state index is 13.0. The molecular weight excluding hydrogens is 436 g/mol. The molecule has 0 unspecified atom stereocenters. The molecule has 0 N–H and O–H groups in total. The highest BCUT2D eigenvalue weighted by Crippen LogP contribution is 2.23. The van der Waals surface area contributed by atoms with E-state index in [9.17, 15) is 9.59 Å². The third-order valence-electron chi connectivity index (χ3n) is 2.78. The molecule has 0 aliphatic rings. The molecule has 0 aromatic rings. The number of hydrogen-bond acceptors (Lipinski definition) is 10. The van der Waals surface area contributed by atoms with E-state index in [1.165, 1.54) is 47.0 Å². The van der Waals surface area contributed by atoms with Gasteiger partial charge in [-0.15, -0.1) is 47.0 Å². The van der Waals surface area contributed by atoms with E-state index in [0.717, 1.165) is 0 Å². The van der Waals surface area contributed by atoms with E-state index in [0.29, 0.717) is 8.75 Å². The summed E-state index contributed by atoms with van der Waals surface area (Å²) in [5, 5.41) is 0. The quantitative estimate of drug-likeness (QED) is 0.330. The van der Waals surface area contributed by atoms with E-state index in [1.54, 1.807) is 41.5 Å². The van der Waals surface area contributed by atoms with E-state index < -0.39 is 35.2 Å². The highest BCUT2D eigenvalue weighted by molar-refractivity contribution is 8.38. The van der Waals surface area contributed by atoms with Crippen LogP contribution < -0.4 is 0 Å². The fourth-order valence-electron chi connectivity index (χ4n) is 1.83. The molecule has 0 radical (unpaired) electrons. The number of hydrogen-bond donors (Lipinski definition) is 0. The highest BCUT2D eigenvalue weighted by Gasteiger charge is 2.39. The Bertz CT molecular complexity index is 531. The Hall–Kier alpha value is -0.320. The Kier molecular flexibility index (Phi) is 12.3. The van der Waals surface area contributed by atoms with Crippen LogP contribution in [0, 0.1) is 0 Å². The van der Waals surface area contributed by atoms with Gasteiger partial charge in [0.25, 0.3) is 0 Å². The van der Waals surface area contributed by atoms with Crippen LogP contribution in [0.3, 0.4) is 0 Å². The second-order valence-electron chi connectivity index (χ2n) is 7.56. The van der Waals surface area contributed by atoms with Crippen LogP contribution in [0.1, 0.15) is 41.5 Å². The average Bonchev–Trinajstić information content (AvgIpc) is 2.54. The van der Waals surface area contributed by atoms with Crippen molar-refractivity contribution >= 4 is 67.7 Å². The molecule has 10 heteroatoms. The Morgan fingerprint density at radius 2 is 0.893 bits per heavy atom. The fourth-order valence-corrected chi connectivity index (χ4v) is 4.04. The van der Waals surface area contributed by atoms with Gasteiger partial charge in [-0.2, -0.15) is 0 Å². The van der Waals surface area contributed by atoms with Crippen molar-refractivity contribution in [2.75, 3.05) is 25.0 Å². The molecule has 6 nitrogen and oxygen atoms in total. The lowest BCUT2D eigenvalue weighted by Crippen LogP contribution is -2.44. The standard InChI is InChI=1S/C18H32N2O4S4/c1-17(2,3)23-13(21)11(19-15(25-7)26-8)12(20-16(27-9)28-10)14(22)24-18(4,5)6/h11-12H,1-10H3/t11-,12-/m1/s1. The number of ether oxygens (including phenoxy) is 2. The second-order valence-corrected chi connectivity index (χ2v) is 11.3. The zero-order valence-corrected chi connectivity index (χ0v) is 21.6. The SMILES string of the molecule is CSC(=N[C@@H](C(=O)OC(C)(C)C)[C@@H](N=C(SC)SC)C(=O)OC(C)(C)C)SC. The van der Waals surface area contributed by atoms with Crippen molar-refractivity contribution in [3.8, 4) is 0 Å². The normalized spacial score (nSPS) is 13.9. The van der Waals surface area contributed by atoms with Crippen LogP contribution in [0.15, 0.2) is 9.98 Å². The van der Waals surface area contributed by atoms with Crippen molar-refractivity contribution in [2.45, 2.75) is 64.8 Å². The largest absolute Gasteiger partial charge is 0.458 e. The monoisotopic (exact) mass is 468 g/mol. The second kappa shape index (κ2) is 12.4. The summed E-state index contributed by atoms with van der Waals surface area (Å²) in [6, 6.07) is -2.25. The van der Waals surface area contributed by atoms with Gasteiger partial charge in [-0.25, -0.2) is 9.59 Å². The first-order chi connectivity index (χ1) is 12.8. The summed E-state index contributed by atoms with van der Waals surface area (Å²) in [6.07, 6.45) is 7.45. The van der Waals surface area contributed by atoms with E-state index in [2.05, 4.69) is 9.98 Å². The molecular formula is C18H32N2O4S4. The Morgan fingerprint density at radius 1 is 0.643 bits per heavy atom. The van der Waals surface area contributed by atoms with E-state index >= 15 is 0 Å². The lowest BCUT2D eigenvalue weighted by Gasteiger charge is -2.27. The van der Waals surface area contributed by atoms with Crippen molar-refractivity contribution in [3.63, 3.8) is 0 Å². The van der Waals surface area contributed by atoms with Gasteiger partial charge in [0, 0.05) is 0 Å². The topological polar surface area (TPSA) is 77.3 Å². The van der Waals surface area contributed by atoms with E-state index in [-0.39, 0.29) is 0 Å². The molecule has 0 rings (SSSR count). The van der Waals surface area contributed by atoms with E-state index in [1.807, 2.05) is 25.0 Å². The number of carbonyl (C=O) groups is 2. The Morgan fingerprint density at radius 3 is 1.07 bits per heavy atom. The van der Waals surface area contributed by atoms with Crippen LogP contribution in [-0.2, 0) is 19.1 Å². The van der Waals surface area contributed by atoms with Crippen molar-refractivity contribution in [1.82, 2.24) is 0 Å². The van der Waals surface area contributed by atoms with Crippen LogP contribution in [0.4, 0.5) is 0 Å². The van der Waals surface area contributed by atoms with Crippen LogP contribution in [-0.4, -0.2) is 69.0 Å². The van der Waals surface area contributed by atoms with Crippen molar-refractivity contribution in [1.29, 1.82) is 0 Å². The summed E-state index contributed by atoms with van der Waals surface area (Å²) in [6.45, 7) is 10.6. The average molecular weight is 469 g/mol. The Balaban J connectivity index is 6.32. The molecule has 0 heterocycles. The van der Waals surface area contributed by atoms with Gasteiger partial charge in [-0.3, -0.25) is 9.98 Å². The van der Waals surface area contributed by atoms with Crippen LogP contribution in [0.25, 0.3) is 0 Å². The lowest BCUT2D eigenvalue weighted by atomic mass is 10.1. The number of nitrogens with zero attached hydrogens (tertiary/aromatic N) is 2. The molecule has 0 aliphatic heterocycles. The number of rotatable bonds is 5. The zero-order chi connectivity index (χ0) is 22.1. The van der Waals surface area contributed by atoms with Crippen molar-refractivity contribution < 1.29 is 19.1 Å². The predicted molar refractivity (Wildman–Crippen MR) is 128 cm³/mol. The molecule has 0 saturated carbocycles. The fraction of sp³-hybridized carbons (Fsp3) is 0.778. The first-order valence-corrected chi connectivity index (χ1v) is 13.4. The van der Waals surface area contributed by atoms with E-state index in [4.69, 9.17) is 9.47 Å². The summed E-state index contributed by atoms with van der Waals surface area (Å²) < 4.78 is 12.4. The summed E-state index contributed by atoms with van der Waals surface area (Å²) in [7, 11) is 0. The van der Waals surface area contributed by atoms with Gasteiger partial charge in [0.1, 0.15) is 20.0 Å².